The van der Waals surface area contributed by atoms with Crippen LogP contribution in [0.5, 0.6) is 0 Å². The van der Waals surface area contributed by atoms with Crippen molar-refractivity contribution in [3.8, 4) is 0 Å². The van der Waals surface area contributed by atoms with Crippen LogP contribution in [0.3, 0.4) is 0 Å². The number of hydrogen-bond donors (Lipinski definition) is 2. The monoisotopic (exact) mass is 252 g/mol. The summed E-state index contributed by atoms with van der Waals surface area (Å²) in [4.78, 5) is 12.2. The molecule has 2 N–H and O–H groups in total. The lowest BCUT2D eigenvalue weighted by molar-refractivity contribution is -0.125. The minimum atomic E-state index is 0.0534. The van der Waals surface area contributed by atoms with Crippen LogP contribution in [-0.4, -0.2) is 24.0 Å². The van der Waals surface area contributed by atoms with Gasteiger partial charge in [0, 0.05) is 12.1 Å². The highest BCUT2D eigenvalue weighted by Crippen LogP contribution is 2.26. The maximum atomic E-state index is 12.2. The van der Waals surface area contributed by atoms with Crippen LogP contribution < -0.4 is 10.6 Å². The van der Waals surface area contributed by atoms with E-state index in [1.54, 1.807) is 0 Å². The van der Waals surface area contributed by atoms with E-state index in [4.69, 9.17) is 0 Å². The summed E-state index contributed by atoms with van der Waals surface area (Å²) in [5, 5.41) is 6.67. The highest BCUT2D eigenvalue weighted by atomic mass is 16.2. The van der Waals surface area contributed by atoms with Gasteiger partial charge in [-0.2, -0.15) is 0 Å². The highest BCUT2D eigenvalue weighted by molar-refractivity contribution is 5.82. The molecule has 0 radical (unpaired) electrons. The molecule has 3 heteroatoms. The summed E-state index contributed by atoms with van der Waals surface area (Å²) in [6.45, 7) is 4.45. The van der Waals surface area contributed by atoms with Gasteiger partial charge < -0.3 is 10.6 Å². The average Bonchev–Trinajstić information content (AvgIpc) is 2.39. The van der Waals surface area contributed by atoms with E-state index in [-0.39, 0.29) is 11.9 Å². The molecule has 2 atom stereocenters. The van der Waals surface area contributed by atoms with Crippen molar-refractivity contribution in [2.24, 2.45) is 5.92 Å². The van der Waals surface area contributed by atoms with Crippen molar-refractivity contribution >= 4 is 5.91 Å². The molecule has 3 nitrogen and oxygen atoms in total. The topological polar surface area (TPSA) is 41.1 Å². The minimum Gasteiger partial charge on any atom is -0.352 e. The minimum absolute atomic E-state index is 0.0534. The van der Waals surface area contributed by atoms with Crippen LogP contribution in [0.2, 0.25) is 0 Å². The summed E-state index contributed by atoms with van der Waals surface area (Å²) in [6.07, 6.45) is 9.59. The van der Waals surface area contributed by atoms with E-state index in [1.165, 1.54) is 44.9 Å². The van der Waals surface area contributed by atoms with Crippen LogP contribution in [-0.2, 0) is 4.79 Å². The molecule has 1 amide bonds. The van der Waals surface area contributed by atoms with Crippen molar-refractivity contribution in [2.75, 3.05) is 0 Å². The van der Waals surface area contributed by atoms with E-state index in [1.807, 2.05) is 0 Å². The Hall–Kier alpha value is -0.570. The van der Waals surface area contributed by atoms with Crippen molar-refractivity contribution in [1.29, 1.82) is 0 Å². The zero-order chi connectivity index (χ0) is 13.0. The number of hydrogen-bond acceptors (Lipinski definition) is 2. The van der Waals surface area contributed by atoms with E-state index in [0.29, 0.717) is 12.1 Å². The van der Waals surface area contributed by atoms with Gasteiger partial charge in [0.05, 0.1) is 6.04 Å². The van der Waals surface area contributed by atoms with E-state index in [9.17, 15) is 4.79 Å². The van der Waals surface area contributed by atoms with Crippen LogP contribution in [0, 0.1) is 5.92 Å². The van der Waals surface area contributed by atoms with E-state index < -0.39 is 0 Å². The highest BCUT2D eigenvalue weighted by Gasteiger charge is 2.27. The number of rotatable bonds is 3. The predicted molar refractivity (Wildman–Crippen MR) is 74.4 cm³/mol. The smallest absolute Gasteiger partial charge is 0.237 e. The number of carbonyl (C=O) groups excluding carboxylic acids is 1. The van der Waals surface area contributed by atoms with Gasteiger partial charge in [-0.3, -0.25) is 4.79 Å². The van der Waals surface area contributed by atoms with Crippen molar-refractivity contribution < 1.29 is 4.79 Å². The van der Waals surface area contributed by atoms with Gasteiger partial charge in [-0.1, -0.05) is 13.3 Å². The standard InChI is InChI=1S/C15H28N2O/c1-3-12-7-9-13(10-8-12)17-15(18)14-6-4-5-11(2)16-14/h11-14,16H,3-10H2,1-2H3,(H,17,18). The summed E-state index contributed by atoms with van der Waals surface area (Å²) in [5.74, 6) is 1.13. The fourth-order valence-electron chi connectivity index (χ4n) is 3.36. The lowest BCUT2D eigenvalue weighted by Gasteiger charge is -2.32. The SMILES string of the molecule is CCC1CCC(NC(=O)C2CCCC(C)N2)CC1. The second-order valence-corrected chi connectivity index (χ2v) is 6.19. The Morgan fingerprint density at radius 1 is 1.17 bits per heavy atom. The molecule has 2 fully saturated rings. The van der Waals surface area contributed by atoms with Gasteiger partial charge in [0.25, 0.3) is 0 Å². The molecule has 1 saturated carbocycles. The molecular weight excluding hydrogens is 224 g/mol. The van der Waals surface area contributed by atoms with Crippen molar-refractivity contribution in [1.82, 2.24) is 10.6 Å². The zero-order valence-electron chi connectivity index (χ0n) is 11.9. The molecule has 2 rings (SSSR count). The van der Waals surface area contributed by atoms with Gasteiger partial charge >= 0.3 is 0 Å². The second-order valence-electron chi connectivity index (χ2n) is 6.19. The first-order valence-corrected chi connectivity index (χ1v) is 7.75. The Balaban J connectivity index is 1.74. The van der Waals surface area contributed by atoms with E-state index >= 15 is 0 Å². The number of piperidine rings is 1. The maximum absolute atomic E-state index is 12.2. The molecule has 1 heterocycles. The second kappa shape index (κ2) is 6.55. The maximum Gasteiger partial charge on any atom is 0.237 e. The van der Waals surface area contributed by atoms with Crippen molar-refractivity contribution in [3.63, 3.8) is 0 Å². The van der Waals surface area contributed by atoms with Gasteiger partial charge in [-0.25, -0.2) is 0 Å². The third kappa shape index (κ3) is 3.71. The van der Waals surface area contributed by atoms with Gasteiger partial charge in [0.2, 0.25) is 5.91 Å². The molecule has 0 bridgehead atoms. The largest absolute Gasteiger partial charge is 0.352 e. The van der Waals surface area contributed by atoms with Gasteiger partial charge in [-0.15, -0.1) is 0 Å². The third-order valence-electron chi connectivity index (χ3n) is 4.70. The first kappa shape index (κ1) is 13.9. The molecule has 1 saturated heterocycles. The first-order valence-electron chi connectivity index (χ1n) is 7.75. The summed E-state index contributed by atoms with van der Waals surface area (Å²) in [7, 11) is 0. The van der Waals surface area contributed by atoms with Crippen LogP contribution in [0.25, 0.3) is 0 Å². The lowest BCUT2D eigenvalue weighted by atomic mass is 9.84. The number of carbonyl (C=O) groups is 1. The summed E-state index contributed by atoms with van der Waals surface area (Å²) in [5.41, 5.74) is 0. The molecule has 18 heavy (non-hydrogen) atoms. The summed E-state index contributed by atoms with van der Waals surface area (Å²) in [6, 6.07) is 0.974. The summed E-state index contributed by atoms with van der Waals surface area (Å²) < 4.78 is 0. The normalized spacial score (nSPS) is 37.2. The van der Waals surface area contributed by atoms with Crippen LogP contribution in [0.4, 0.5) is 0 Å². The van der Waals surface area contributed by atoms with Crippen LogP contribution >= 0.6 is 0 Å². The van der Waals surface area contributed by atoms with Gasteiger partial charge in [0.1, 0.15) is 0 Å². The fraction of sp³-hybridized carbons (Fsp3) is 0.933. The summed E-state index contributed by atoms with van der Waals surface area (Å²) >= 11 is 0. The Bertz CT molecular complexity index is 272. The molecule has 1 aliphatic heterocycles. The predicted octanol–water partition coefficient (Wildman–Crippen LogP) is 2.60. The number of nitrogens with one attached hydrogen (secondary N) is 2. The quantitative estimate of drug-likeness (QED) is 0.810. The average molecular weight is 252 g/mol. The Kier molecular flexibility index (Phi) is 5.04. The Morgan fingerprint density at radius 3 is 2.50 bits per heavy atom. The lowest BCUT2D eigenvalue weighted by Crippen LogP contribution is -2.52. The van der Waals surface area contributed by atoms with Crippen LogP contribution in [0.15, 0.2) is 0 Å². The molecule has 1 aliphatic carbocycles. The molecule has 0 aromatic rings. The molecule has 2 aliphatic rings. The van der Waals surface area contributed by atoms with Crippen molar-refractivity contribution in [3.05, 3.63) is 0 Å². The molecule has 104 valence electrons. The molecule has 0 aromatic carbocycles. The molecular formula is C15H28N2O. The zero-order valence-corrected chi connectivity index (χ0v) is 11.9. The molecule has 0 aromatic heterocycles. The number of amides is 1. The first-order chi connectivity index (χ1) is 8.69. The Morgan fingerprint density at radius 2 is 1.89 bits per heavy atom. The fourth-order valence-corrected chi connectivity index (χ4v) is 3.36. The molecule has 0 spiro atoms. The van der Waals surface area contributed by atoms with Gasteiger partial charge in [-0.05, 0) is 57.8 Å². The van der Waals surface area contributed by atoms with E-state index in [0.717, 1.165) is 12.3 Å². The Labute approximate surface area is 111 Å². The third-order valence-corrected chi connectivity index (χ3v) is 4.70. The van der Waals surface area contributed by atoms with E-state index in [2.05, 4.69) is 24.5 Å². The van der Waals surface area contributed by atoms with Crippen molar-refractivity contribution in [2.45, 2.75) is 83.3 Å². The van der Waals surface area contributed by atoms with Crippen LogP contribution in [0.1, 0.15) is 65.2 Å². The van der Waals surface area contributed by atoms with Gasteiger partial charge in [0.15, 0.2) is 0 Å². The molecule has 2 unspecified atom stereocenters.